The Labute approximate surface area is 134 Å². The molecule has 6 heteroatoms. The summed E-state index contributed by atoms with van der Waals surface area (Å²) in [5, 5.41) is 8.98. The maximum Gasteiger partial charge on any atom is 0.316 e. The Kier molecular flexibility index (Phi) is 3.67. The number of thioether (sulfide) groups is 1. The molecule has 4 saturated carbocycles. The van der Waals surface area contributed by atoms with Crippen molar-refractivity contribution in [1.29, 1.82) is 0 Å². The van der Waals surface area contributed by atoms with Gasteiger partial charge in [-0.25, -0.2) is 0 Å². The number of aromatic nitrogens is 2. The molecule has 0 unspecified atom stereocenters. The van der Waals surface area contributed by atoms with Crippen molar-refractivity contribution >= 4 is 17.7 Å². The topological polar surface area (TPSA) is 65.2 Å². The van der Waals surface area contributed by atoms with Crippen LogP contribution in [0.3, 0.4) is 0 Å². The van der Waals surface area contributed by atoms with Gasteiger partial charge in [-0.15, -0.1) is 10.2 Å². The van der Waals surface area contributed by atoms with Gasteiger partial charge in [0.25, 0.3) is 5.22 Å². The molecule has 4 bridgehead atoms. The van der Waals surface area contributed by atoms with Crippen molar-refractivity contribution in [2.24, 2.45) is 17.8 Å². The Morgan fingerprint density at radius 2 is 1.86 bits per heavy atom. The van der Waals surface area contributed by atoms with E-state index in [1.807, 2.05) is 0 Å². The fourth-order valence-electron chi connectivity index (χ4n) is 5.18. The fraction of sp³-hybridized carbons (Fsp3) is 0.812. The van der Waals surface area contributed by atoms with E-state index in [0.29, 0.717) is 11.8 Å². The molecule has 0 amide bonds. The number of esters is 1. The molecule has 0 N–H and O–H groups in total. The zero-order chi connectivity index (χ0) is 15.2. The van der Waals surface area contributed by atoms with Crippen LogP contribution < -0.4 is 0 Å². The number of rotatable bonds is 5. The summed E-state index contributed by atoms with van der Waals surface area (Å²) in [7, 11) is 0. The van der Waals surface area contributed by atoms with E-state index in [2.05, 4.69) is 10.2 Å². The first kappa shape index (κ1) is 14.5. The van der Waals surface area contributed by atoms with Gasteiger partial charge in [0.15, 0.2) is 0 Å². The first-order chi connectivity index (χ1) is 10.7. The van der Waals surface area contributed by atoms with Gasteiger partial charge in [-0.1, -0.05) is 11.8 Å². The molecule has 0 radical (unpaired) electrons. The Morgan fingerprint density at radius 3 is 2.45 bits per heavy atom. The normalized spacial score (nSPS) is 35.8. The highest BCUT2D eigenvalue weighted by atomic mass is 32.2. The molecule has 4 aliphatic rings. The van der Waals surface area contributed by atoms with Gasteiger partial charge in [0.05, 0.1) is 6.61 Å². The van der Waals surface area contributed by atoms with E-state index in [9.17, 15) is 4.79 Å². The summed E-state index contributed by atoms with van der Waals surface area (Å²) >= 11 is 1.28. The number of nitrogens with zero attached hydrogens (tertiary/aromatic N) is 2. The highest BCUT2D eigenvalue weighted by Crippen LogP contribution is 2.60. The molecule has 0 aromatic carbocycles. The summed E-state index contributed by atoms with van der Waals surface area (Å²) in [6.07, 6.45) is 7.84. The van der Waals surface area contributed by atoms with Crippen LogP contribution in [0.15, 0.2) is 9.64 Å². The Morgan fingerprint density at radius 1 is 1.23 bits per heavy atom. The molecule has 0 spiro atoms. The van der Waals surface area contributed by atoms with Crippen molar-refractivity contribution in [1.82, 2.24) is 10.2 Å². The Bertz CT molecular complexity index is 536. The second-order valence-electron chi connectivity index (χ2n) is 7.16. The molecule has 4 aliphatic carbocycles. The number of carbonyl (C=O) groups is 1. The molecule has 5 rings (SSSR count). The van der Waals surface area contributed by atoms with E-state index < -0.39 is 0 Å². The minimum absolute atomic E-state index is 0.129. The van der Waals surface area contributed by atoms with Crippen molar-refractivity contribution in [3.63, 3.8) is 0 Å². The van der Waals surface area contributed by atoms with Crippen LogP contribution in [0, 0.1) is 17.8 Å². The number of hydrogen-bond donors (Lipinski definition) is 0. The van der Waals surface area contributed by atoms with Crippen LogP contribution in [0.5, 0.6) is 0 Å². The SMILES string of the molecule is CCOC(=O)CSc1nnc(C23CC4CC(CC(C4)C2)C3)o1. The summed E-state index contributed by atoms with van der Waals surface area (Å²) in [6, 6.07) is 0. The monoisotopic (exact) mass is 322 g/mol. The highest BCUT2D eigenvalue weighted by molar-refractivity contribution is 7.99. The van der Waals surface area contributed by atoms with Crippen LogP contribution >= 0.6 is 11.8 Å². The summed E-state index contributed by atoms with van der Waals surface area (Å²) in [6.45, 7) is 2.21. The molecule has 0 atom stereocenters. The molecule has 5 nitrogen and oxygen atoms in total. The van der Waals surface area contributed by atoms with Crippen molar-refractivity contribution in [2.75, 3.05) is 12.4 Å². The quantitative estimate of drug-likeness (QED) is 0.613. The molecule has 0 saturated heterocycles. The van der Waals surface area contributed by atoms with Gasteiger partial charge in [0, 0.05) is 5.41 Å². The van der Waals surface area contributed by atoms with Gasteiger partial charge < -0.3 is 9.15 Å². The molecule has 22 heavy (non-hydrogen) atoms. The van der Waals surface area contributed by atoms with E-state index in [0.717, 1.165) is 23.6 Å². The second kappa shape index (κ2) is 5.55. The second-order valence-corrected chi connectivity index (χ2v) is 8.09. The van der Waals surface area contributed by atoms with Crippen molar-refractivity contribution < 1.29 is 13.9 Å². The van der Waals surface area contributed by atoms with Crippen LogP contribution in [-0.4, -0.2) is 28.5 Å². The third-order valence-corrected chi connectivity index (χ3v) is 6.31. The van der Waals surface area contributed by atoms with E-state index in [-0.39, 0.29) is 17.1 Å². The van der Waals surface area contributed by atoms with Crippen molar-refractivity contribution in [3.05, 3.63) is 5.89 Å². The smallest absolute Gasteiger partial charge is 0.316 e. The fourth-order valence-corrected chi connectivity index (χ4v) is 5.74. The third kappa shape index (κ3) is 2.55. The summed E-state index contributed by atoms with van der Waals surface area (Å²) in [5.41, 5.74) is 0.129. The van der Waals surface area contributed by atoms with Crippen LogP contribution in [0.2, 0.25) is 0 Å². The standard InChI is InChI=1S/C16H22N2O3S/c1-2-20-13(19)9-22-15-18-17-14(21-15)16-6-10-3-11(7-16)5-12(4-10)8-16/h10-12H,2-9H2,1H3. The molecule has 1 aromatic rings. The Balaban J connectivity index is 1.46. The van der Waals surface area contributed by atoms with Crippen LogP contribution in [0.25, 0.3) is 0 Å². The number of ether oxygens (including phenoxy) is 1. The molecule has 120 valence electrons. The summed E-state index contributed by atoms with van der Waals surface area (Å²) < 4.78 is 10.9. The van der Waals surface area contributed by atoms with Crippen LogP contribution in [0.1, 0.15) is 51.3 Å². The first-order valence-electron chi connectivity index (χ1n) is 8.29. The molecule has 1 heterocycles. The van der Waals surface area contributed by atoms with Gasteiger partial charge in [0.1, 0.15) is 5.75 Å². The lowest BCUT2D eigenvalue weighted by Gasteiger charge is -2.55. The van der Waals surface area contributed by atoms with E-state index >= 15 is 0 Å². The van der Waals surface area contributed by atoms with E-state index in [1.165, 1.54) is 50.3 Å². The largest absolute Gasteiger partial charge is 0.465 e. The minimum Gasteiger partial charge on any atom is -0.465 e. The first-order valence-corrected chi connectivity index (χ1v) is 9.28. The Hall–Kier alpha value is -1.04. The van der Waals surface area contributed by atoms with Crippen molar-refractivity contribution in [3.8, 4) is 0 Å². The lowest BCUT2D eigenvalue weighted by atomic mass is 9.49. The predicted molar refractivity (Wildman–Crippen MR) is 81.5 cm³/mol. The molecule has 0 aliphatic heterocycles. The van der Waals surface area contributed by atoms with Crippen LogP contribution in [-0.2, 0) is 14.9 Å². The number of hydrogen-bond acceptors (Lipinski definition) is 6. The number of carbonyl (C=O) groups excluding carboxylic acids is 1. The zero-order valence-electron chi connectivity index (χ0n) is 12.9. The van der Waals surface area contributed by atoms with Gasteiger partial charge in [0.2, 0.25) is 5.89 Å². The predicted octanol–water partition coefficient (Wildman–Crippen LogP) is 3.19. The minimum atomic E-state index is -0.234. The lowest BCUT2D eigenvalue weighted by molar-refractivity contribution is -0.139. The summed E-state index contributed by atoms with van der Waals surface area (Å²) in [5.74, 6) is 3.38. The molecule has 1 aromatic heterocycles. The maximum atomic E-state index is 11.4. The van der Waals surface area contributed by atoms with Gasteiger partial charge in [-0.2, -0.15) is 0 Å². The van der Waals surface area contributed by atoms with Gasteiger partial charge >= 0.3 is 5.97 Å². The summed E-state index contributed by atoms with van der Waals surface area (Å²) in [4.78, 5) is 11.4. The van der Waals surface area contributed by atoms with Gasteiger partial charge in [-0.05, 0) is 63.2 Å². The average Bonchev–Trinajstić information content (AvgIpc) is 2.94. The average molecular weight is 322 g/mol. The molecular formula is C16H22N2O3S. The highest BCUT2D eigenvalue weighted by Gasteiger charge is 2.54. The molecule has 4 fully saturated rings. The van der Waals surface area contributed by atoms with E-state index in [1.54, 1.807) is 6.92 Å². The zero-order valence-corrected chi connectivity index (χ0v) is 13.7. The van der Waals surface area contributed by atoms with Crippen molar-refractivity contribution in [2.45, 2.75) is 56.1 Å². The third-order valence-electron chi connectivity index (χ3n) is 5.52. The van der Waals surface area contributed by atoms with Crippen LogP contribution in [0.4, 0.5) is 0 Å². The molecular weight excluding hydrogens is 300 g/mol. The van der Waals surface area contributed by atoms with Gasteiger partial charge in [-0.3, -0.25) is 4.79 Å². The maximum absolute atomic E-state index is 11.4. The van der Waals surface area contributed by atoms with E-state index in [4.69, 9.17) is 9.15 Å². The lowest BCUT2D eigenvalue weighted by Crippen LogP contribution is -2.48.